The molecule has 0 spiro atoms. The number of ether oxygens (including phenoxy) is 1. The van der Waals surface area contributed by atoms with Crippen molar-refractivity contribution in [2.45, 2.75) is 12.5 Å². The molecule has 0 bridgehead atoms. The van der Waals surface area contributed by atoms with Crippen molar-refractivity contribution in [1.82, 2.24) is 20.4 Å². The quantitative estimate of drug-likeness (QED) is 0.651. The van der Waals surface area contributed by atoms with Crippen LogP contribution in [0.2, 0.25) is 0 Å². The monoisotopic (exact) mass is 354 g/mol. The maximum Gasteiger partial charge on any atom is 0.314 e. The van der Waals surface area contributed by atoms with Crippen molar-refractivity contribution in [3.8, 4) is 5.75 Å². The van der Waals surface area contributed by atoms with E-state index in [9.17, 15) is 4.79 Å². The Kier molecular flexibility index (Phi) is 5.92. The maximum atomic E-state index is 12.1. The summed E-state index contributed by atoms with van der Waals surface area (Å²) in [6.45, 7) is 0.926. The van der Waals surface area contributed by atoms with Gasteiger partial charge in [0.2, 0.25) is 0 Å². The Morgan fingerprint density at radius 3 is 2.73 bits per heavy atom. The number of benzene rings is 1. The highest BCUT2D eigenvalue weighted by Gasteiger charge is 2.17. The molecule has 1 aromatic carbocycles. The first-order valence-corrected chi connectivity index (χ1v) is 8.43. The zero-order valence-corrected chi connectivity index (χ0v) is 14.6. The molecule has 2 N–H and O–H groups in total. The van der Waals surface area contributed by atoms with Crippen molar-refractivity contribution in [1.29, 1.82) is 0 Å². The topological polar surface area (TPSA) is 81.3 Å². The second-order valence-electron chi connectivity index (χ2n) is 5.75. The standard InChI is InChI=1S/C19H22N4O3/c1-25-16-7-5-15(6-8-16)9-11-20-19(24)21-14-17(18-4-2-13-26-18)23-12-3-10-22-23/h2-8,10,12-13,17H,9,11,14H2,1H3,(H2,20,21,24). The Bertz CT molecular complexity index is 749. The van der Waals surface area contributed by atoms with Gasteiger partial charge in [-0.1, -0.05) is 12.1 Å². The van der Waals surface area contributed by atoms with Crippen molar-refractivity contribution in [2.24, 2.45) is 0 Å². The van der Waals surface area contributed by atoms with Crippen LogP contribution in [-0.2, 0) is 6.42 Å². The normalized spacial score (nSPS) is 11.7. The third-order valence-electron chi connectivity index (χ3n) is 4.03. The number of hydrogen-bond donors (Lipinski definition) is 2. The predicted molar refractivity (Wildman–Crippen MR) is 97.2 cm³/mol. The molecule has 1 atom stereocenters. The smallest absolute Gasteiger partial charge is 0.314 e. The molecule has 2 amide bonds. The summed E-state index contributed by atoms with van der Waals surface area (Å²) < 4.78 is 12.4. The molecule has 0 fully saturated rings. The molecule has 3 aromatic rings. The minimum atomic E-state index is -0.220. The summed E-state index contributed by atoms with van der Waals surface area (Å²) >= 11 is 0. The van der Waals surface area contributed by atoms with Crippen molar-refractivity contribution < 1.29 is 13.9 Å². The van der Waals surface area contributed by atoms with Crippen LogP contribution in [0.25, 0.3) is 0 Å². The number of rotatable bonds is 8. The van der Waals surface area contributed by atoms with Gasteiger partial charge in [0.1, 0.15) is 17.6 Å². The fourth-order valence-corrected chi connectivity index (χ4v) is 2.63. The zero-order valence-electron chi connectivity index (χ0n) is 14.6. The number of urea groups is 1. The van der Waals surface area contributed by atoms with Gasteiger partial charge in [-0.15, -0.1) is 0 Å². The minimum absolute atomic E-state index is 0.188. The van der Waals surface area contributed by atoms with Crippen LogP contribution in [-0.4, -0.2) is 36.0 Å². The fraction of sp³-hybridized carbons (Fsp3) is 0.263. The lowest BCUT2D eigenvalue weighted by atomic mass is 10.1. The van der Waals surface area contributed by atoms with E-state index in [-0.39, 0.29) is 12.1 Å². The molecule has 0 saturated carbocycles. The van der Waals surface area contributed by atoms with Gasteiger partial charge in [-0.05, 0) is 42.3 Å². The van der Waals surface area contributed by atoms with Crippen molar-refractivity contribution in [3.05, 3.63) is 72.4 Å². The van der Waals surface area contributed by atoms with Crippen LogP contribution in [0.4, 0.5) is 4.79 Å². The summed E-state index contributed by atoms with van der Waals surface area (Å²) in [4.78, 5) is 12.1. The highest BCUT2D eigenvalue weighted by molar-refractivity contribution is 5.73. The molecule has 0 saturated heterocycles. The predicted octanol–water partition coefficient (Wildman–Crippen LogP) is 2.62. The number of nitrogens with one attached hydrogen (secondary N) is 2. The third kappa shape index (κ3) is 4.66. The van der Waals surface area contributed by atoms with Crippen molar-refractivity contribution in [3.63, 3.8) is 0 Å². The lowest BCUT2D eigenvalue weighted by Crippen LogP contribution is -2.39. The Morgan fingerprint density at radius 1 is 1.23 bits per heavy atom. The second-order valence-corrected chi connectivity index (χ2v) is 5.75. The van der Waals surface area contributed by atoms with Crippen LogP contribution in [0.3, 0.4) is 0 Å². The zero-order chi connectivity index (χ0) is 18.2. The van der Waals surface area contributed by atoms with Gasteiger partial charge in [0.05, 0.1) is 13.4 Å². The largest absolute Gasteiger partial charge is 0.497 e. The minimum Gasteiger partial charge on any atom is -0.497 e. The molecule has 3 rings (SSSR count). The SMILES string of the molecule is COc1ccc(CCNC(=O)NCC(c2ccco2)n2cccn2)cc1. The molecule has 136 valence electrons. The molecule has 7 nitrogen and oxygen atoms in total. The van der Waals surface area contributed by atoms with Crippen LogP contribution in [0.15, 0.2) is 65.5 Å². The molecular weight excluding hydrogens is 332 g/mol. The van der Waals surface area contributed by atoms with E-state index in [1.807, 2.05) is 48.7 Å². The highest BCUT2D eigenvalue weighted by atomic mass is 16.5. The Balaban J connectivity index is 1.46. The fourth-order valence-electron chi connectivity index (χ4n) is 2.63. The van der Waals surface area contributed by atoms with E-state index in [4.69, 9.17) is 9.15 Å². The Labute approximate surface area is 152 Å². The van der Waals surface area contributed by atoms with E-state index >= 15 is 0 Å². The van der Waals surface area contributed by atoms with Gasteiger partial charge in [0.15, 0.2) is 0 Å². The van der Waals surface area contributed by atoms with Gasteiger partial charge in [0.25, 0.3) is 0 Å². The summed E-state index contributed by atoms with van der Waals surface area (Å²) in [7, 11) is 1.64. The summed E-state index contributed by atoms with van der Waals surface area (Å²) in [5.74, 6) is 1.56. The van der Waals surface area contributed by atoms with E-state index in [1.54, 1.807) is 24.3 Å². The molecule has 0 radical (unpaired) electrons. The van der Waals surface area contributed by atoms with Crippen molar-refractivity contribution >= 4 is 6.03 Å². The van der Waals surface area contributed by atoms with Crippen LogP contribution >= 0.6 is 0 Å². The number of furan rings is 1. The molecule has 7 heteroatoms. The van der Waals surface area contributed by atoms with Gasteiger partial charge in [-0.25, -0.2) is 4.79 Å². The van der Waals surface area contributed by atoms with E-state index < -0.39 is 0 Å². The molecule has 0 aliphatic carbocycles. The molecule has 1 unspecified atom stereocenters. The number of methoxy groups -OCH3 is 1. The molecular formula is C19H22N4O3. The van der Waals surface area contributed by atoms with Gasteiger partial charge < -0.3 is 19.8 Å². The molecule has 0 aliphatic rings. The van der Waals surface area contributed by atoms with E-state index in [2.05, 4.69) is 15.7 Å². The number of nitrogens with zero attached hydrogens (tertiary/aromatic N) is 2. The van der Waals surface area contributed by atoms with E-state index in [1.165, 1.54) is 0 Å². The van der Waals surface area contributed by atoms with E-state index in [0.717, 1.165) is 23.5 Å². The first kappa shape index (κ1) is 17.6. The number of carbonyl (C=O) groups excluding carboxylic acids is 1. The summed E-state index contributed by atoms with van der Waals surface area (Å²) in [6.07, 6.45) is 5.90. The molecule has 2 heterocycles. The first-order valence-electron chi connectivity index (χ1n) is 8.43. The van der Waals surface area contributed by atoms with Crippen LogP contribution in [0.1, 0.15) is 17.4 Å². The third-order valence-corrected chi connectivity index (χ3v) is 4.03. The lowest BCUT2D eigenvalue weighted by Gasteiger charge is -2.16. The number of carbonyl (C=O) groups is 1. The average molecular weight is 354 g/mol. The summed E-state index contributed by atoms with van der Waals surface area (Å²) in [5.41, 5.74) is 1.14. The van der Waals surface area contributed by atoms with Gasteiger partial charge >= 0.3 is 6.03 Å². The van der Waals surface area contributed by atoms with E-state index in [0.29, 0.717) is 13.1 Å². The van der Waals surface area contributed by atoms with Gasteiger partial charge in [0, 0.05) is 25.5 Å². The number of amides is 2. The first-order chi connectivity index (χ1) is 12.8. The van der Waals surface area contributed by atoms with Gasteiger partial charge in [-0.3, -0.25) is 4.68 Å². The second kappa shape index (κ2) is 8.75. The average Bonchev–Trinajstić information content (AvgIpc) is 3.37. The van der Waals surface area contributed by atoms with Crippen LogP contribution in [0, 0.1) is 0 Å². The molecule has 0 aliphatic heterocycles. The highest BCUT2D eigenvalue weighted by Crippen LogP contribution is 2.17. The Hall–Kier alpha value is -3.22. The maximum absolute atomic E-state index is 12.1. The van der Waals surface area contributed by atoms with Gasteiger partial charge in [-0.2, -0.15) is 5.10 Å². The lowest BCUT2D eigenvalue weighted by molar-refractivity contribution is 0.238. The van der Waals surface area contributed by atoms with Crippen molar-refractivity contribution in [2.75, 3.05) is 20.2 Å². The Morgan fingerprint density at radius 2 is 2.08 bits per heavy atom. The van der Waals surface area contributed by atoms with Crippen LogP contribution < -0.4 is 15.4 Å². The molecule has 26 heavy (non-hydrogen) atoms. The molecule has 2 aromatic heterocycles. The number of hydrogen-bond acceptors (Lipinski definition) is 4. The summed E-state index contributed by atoms with van der Waals surface area (Å²) in [5, 5.41) is 9.98. The van der Waals surface area contributed by atoms with Crippen LogP contribution in [0.5, 0.6) is 5.75 Å². The summed E-state index contributed by atoms with van der Waals surface area (Å²) in [6, 6.07) is 12.9. The number of aromatic nitrogens is 2.